The molecule has 9 heteroatoms. The van der Waals surface area contributed by atoms with Crippen molar-refractivity contribution in [3.05, 3.63) is 83.4 Å². The van der Waals surface area contributed by atoms with Crippen LogP contribution in [0.15, 0.2) is 71.8 Å². The summed E-state index contributed by atoms with van der Waals surface area (Å²) < 4.78 is 16.2. The largest absolute Gasteiger partial charge is 0.497 e. The van der Waals surface area contributed by atoms with Crippen LogP contribution in [0.2, 0.25) is 0 Å². The zero-order valence-electron chi connectivity index (χ0n) is 20.2. The van der Waals surface area contributed by atoms with Gasteiger partial charge in [-0.1, -0.05) is 6.92 Å². The van der Waals surface area contributed by atoms with E-state index in [0.717, 1.165) is 0 Å². The summed E-state index contributed by atoms with van der Waals surface area (Å²) >= 11 is 0. The van der Waals surface area contributed by atoms with Crippen molar-refractivity contribution in [3.8, 4) is 17.2 Å². The number of hydrogen-bond donors (Lipinski definition) is 2. The quantitative estimate of drug-likeness (QED) is 0.188. The van der Waals surface area contributed by atoms with Crippen molar-refractivity contribution in [2.24, 2.45) is 5.10 Å². The van der Waals surface area contributed by atoms with Gasteiger partial charge in [-0.05, 0) is 79.2 Å². The molecule has 3 aromatic rings. The molecule has 0 unspecified atom stereocenters. The minimum absolute atomic E-state index is 0.107. The number of amides is 2. The second kappa shape index (κ2) is 12.7. The van der Waals surface area contributed by atoms with E-state index in [1.165, 1.54) is 6.21 Å². The number of esters is 1. The molecule has 3 rings (SSSR count). The van der Waals surface area contributed by atoms with Gasteiger partial charge in [0.05, 0.1) is 25.5 Å². The molecular weight excluding hydrogens is 462 g/mol. The van der Waals surface area contributed by atoms with Crippen molar-refractivity contribution in [2.45, 2.75) is 20.3 Å². The molecule has 0 saturated heterocycles. The second-order valence-corrected chi connectivity index (χ2v) is 7.44. The number of nitrogens with one attached hydrogen (secondary N) is 2. The maximum absolute atomic E-state index is 12.5. The fraction of sp³-hybridized carbons (Fsp3) is 0.185. The Morgan fingerprint density at radius 2 is 1.58 bits per heavy atom. The summed E-state index contributed by atoms with van der Waals surface area (Å²) in [4.78, 5) is 36.3. The molecule has 0 aliphatic carbocycles. The third kappa shape index (κ3) is 7.17. The van der Waals surface area contributed by atoms with Crippen LogP contribution in [0.4, 0.5) is 5.69 Å². The lowest BCUT2D eigenvalue weighted by Gasteiger charge is -2.11. The van der Waals surface area contributed by atoms with Crippen molar-refractivity contribution >= 4 is 29.7 Å². The van der Waals surface area contributed by atoms with E-state index < -0.39 is 11.9 Å². The van der Waals surface area contributed by atoms with Crippen LogP contribution in [0.5, 0.6) is 17.2 Å². The Hall–Kier alpha value is -4.66. The third-order valence-corrected chi connectivity index (χ3v) is 4.93. The van der Waals surface area contributed by atoms with Crippen molar-refractivity contribution in [1.82, 2.24) is 5.43 Å². The lowest BCUT2D eigenvalue weighted by molar-refractivity contribution is -0.115. The number of benzene rings is 3. The predicted molar refractivity (Wildman–Crippen MR) is 136 cm³/mol. The highest BCUT2D eigenvalue weighted by molar-refractivity contribution is 5.96. The van der Waals surface area contributed by atoms with Crippen LogP contribution in [0.1, 0.15) is 46.5 Å². The molecular formula is C27H27N3O6. The molecule has 0 fully saturated rings. The second-order valence-electron chi connectivity index (χ2n) is 7.44. The molecule has 0 radical (unpaired) electrons. The summed E-state index contributed by atoms with van der Waals surface area (Å²) in [5, 5.41) is 6.71. The zero-order chi connectivity index (χ0) is 25.9. The first-order chi connectivity index (χ1) is 17.4. The lowest BCUT2D eigenvalue weighted by Crippen LogP contribution is -2.17. The fourth-order valence-electron chi connectivity index (χ4n) is 3.03. The van der Waals surface area contributed by atoms with Crippen molar-refractivity contribution < 1.29 is 28.6 Å². The Labute approximate surface area is 209 Å². The molecule has 0 atom stereocenters. The van der Waals surface area contributed by atoms with Crippen LogP contribution >= 0.6 is 0 Å². The molecule has 36 heavy (non-hydrogen) atoms. The summed E-state index contributed by atoms with van der Waals surface area (Å²) in [6.07, 6.45) is 1.82. The summed E-state index contributed by atoms with van der Waals surface area (Å²) in [6, 6.07) is 18.0. The van der Waals surface area contributed by atoms with Gasteiger partial charge in [0, 0.05) is 17.7 Å². The number of carbonyl (C=O) groups excluding carboxylic acids is 3. The van der Waals surface area contributed by atoms with Gasteiger partial charge in [0.1, 0.15) is 5.75 Å². The number of nitrogens with zero attached hydrogens (tertiary/aromatic N) is 1. The normalized spacial score (nSPS) is 10.5. The first-order valence-electron chi connectivity index (χ1n) is 11.3. The molecule has 0 saturated carbocycles. The van der Waals surface area contributed by atoms with Gasteiger partial charge in [0.25, 0.3) is 5.91 Å². The highest BCUT2D eigenvalue weighted by Gasteiger charge is 2.13. The minimum atomic E-state index is -0.535. The topological polar surface area (TPSA) is 115 Å². The van der Waals surface area contributed by atoms with Crippen molar-refractivity contribution in [1.29, 1.82) is 0 Å². The van der Waals surface area contributed by atoms with Gasteiger partial charge in [-0.2, -0.15) is 5.10 Å². The Balaban J connectivity index is 1.64. The number of ether oxygens (including phenoxy) is 3. The molecule has 9 nitrogen and oxygen atoms in total. The van der Waals surface area contributed by atoms with E-state index >= 15 is 0 Å². The minimum Gasteiger partial charge on any atom is -0.497 e. The number of methoxy groups -OCH3 is 1. The van der Waals surface area contributed by atoms with Gasteiger partial charge in [-0.3, -0.25) is 9.59 Å². The molecule has 2 amide bonds. The Bertz CT molecular complexity index is 1240. The van der Waals surface area contributed by atoms with E-state index in [0.29, 0.717) is 46.9 Å². The highest BCUT2D eigenvalue weighted by Crippen LogP contribution is 2.29. The fourth-order valence-corrected chi connectivity index (χ4v) is 3.03. The van der Waals surface area contributed by atoms with Crippen LogP contribution in [0, 0.1) is 0 Å². The molecule has 0 heterocycles. The number of anilines is 1. The Kier molecular flexibility index (Phi) is 9.16. The summed E-state index contributed by atoms with van der Waals surface area (Å²) in [5.41, 5.74) is 4.44. The molecule has 0 spiro atoms. The number of hydrogen-bond acceptors (Lipinski definition) is 7. The standard InChI is InChI=1S/C27H27N3O6/c1-4-25(31)29-21-11-7-19(8-12-21)26(32)30-28-17-18-6-15-23(24(16-18)35-5-2)36-27(33)20-9-13-22(34-3)14-10-20/h6-17H,4-5H2,1-3H3,(H,29,31)(H,30,32)/b28-17+. The number of carbonyl (C=O) groups is 3. The van der Waals surface area contributed by atoms with E-state index in [1.54, 1.807) is 80.8 Å². The van der Waals surface area contributed by atoms with Crippen LogP contribution < -0.4 is 25.0 Å². The van der Waals surface area contributed by atoms with E-state index in [-0.39, 0.29) is 11.7 Å². The number of hydrazone groups is 1. The van der Waals surface area contributed by atoms with Crippen LogP contribution in [0.25, 0.3) is 0 Å². The molecule has 2 N–H and O–H groups in total. The molecule has 0 aromatic heterocycles. The molecule has 3 aromatic carbocycles. The van der Waals surface area contributed by atoms with E-state index in [9.17, 15) is 14.4 Å². The Morgan fingerprint density at radius 3 is 2.22 bits per heavy atom. The molecule has 0 bridgehead atoms. The van der Waals surface area contributed by atoms with Crippen LogP contribution in [-0.2, 0) is 4.79 Å². The smallest absolute Gasteiger partial charge is 0.343 e. The highest BCUT2D eigenvalue weighted by atomic mass is 16.6. The van der Waals surface area contributed by atoms with Crippen molar-refractivity contribution in [3.63, 3.8) is 0 Å². The number of rotatable bonds is 10. The average Bonchev–Trinajstić information content (AvgIpc) is 2.90. The van der Waals surface area contributed by atoms with Gasteiger partial charge in [0.15, 0.2) is 11.5 Å². The van der Waals surface area contributed by atoms with Gasteiger partial charge in [0.2, 0.25) is 5.91 Å². The van der Waals surface area contributed by atoms with E-state index in [4.69, 9.17) is 14.2 Å². The maximum atomic E-state index is 12.5. The van der Waals surface area contributed by atoms with Crippen LogP contribution in [-0.4, -0.2) is 37.7 Å². The summed E-state index contributed by atoms with van der Waals surface area (Å²) in [5.74, 6) is 0.204. The van der Waals surface area contributed by atoms with Gasteiger partial charge in [-0.25, -0.2) is 10.2 Å². The first-order valence-corrected chi connectivity index (χ1v) is 11.3. The monoisotopic (exact) mass is 489 g/mol. The lowest BCUT2D eigenvalue weighted by atomic mass is 10.2. The first kappa shape index (κ1) is 26.0. The van der Waals surface area contributed by atoms with Gasteiger partial charge < -0.3 is 19.5 Å². The SMILES string of the molecule is CCOc1cc(/C=N/NC(=O)c2ccc(NC(=O)CC)cc2)ccc1OC(=O)c1ccc(OC)cc1. The average molecular weight is 490 g/mol. The van der Waals surface area contributed by atoms with E-state index in [2.05, 4.69) is 15.8 Å². The Morgan fingerprint density at radius 1 is 0.889 bits per heavy atom. The van der Waals surface area contributed by atoms with Crippen molar-refractivity contribution in [2.75, 3.05) is 19.0 Å². The summed E-state index contributed by atoms with van der Waals surface area (Å²) in [6.45, 7) is 3.93. The maximum Gasteiger partial charge on any atom is 0.343 e. The molecule has 186 valence electrons. The van der Waals surface area contributed by atoms with Gasteiger partial charge >= 0.3 is 5.97 Å². The predicted octanol–water partition coefficient (Wildman–Crippen LogP) is 4.43. The zero-order valence-corrected chi connectivity index (χ0v) is 20.2. The molecule has 0 aliphatic rings. The molecule has 0 aliphatic heterocycles. The van der Waals surface area contributed by atoms with E-state index in [1.807, 2.05) is 6.92 Å². The third-order valence-electron chi connectivity index (χ3n) is 4.93. The summed E-state index contributed by atoms with van der Waals surface area (Å²) in [7, 11) is 1.55. The van der Waals surface area contributed by atoms with Crippen LogP contribution in [0.3, 0.4) is 0 Å². The van der Waals surface area contributed by atoms with Gasteiger partial charge in [-0.15, -0.1) is 0 Å².